The van der Waals surface area contributed by atoms with Gasteiger partial charge in [0.2, 0.25) is 0 Å². The Morgan fingerprint density at radius 2 is 2.28 bits per heavy atom. The van der Waals surface area contributed by atoms with E-state index in [0.717, 1.165) is 0 Å². The average Bonchev–Trinajstić information content (AvgIpc) is 2.70. The molecule has 2 amide bonds. The lowest BCUT2D eigenvalue weighted by Crippen LogP contribution is -2.40. The molecule has 1 aliphatic heterocycles. The average molecular weight is 270 g/mol. The second kappa shape index (κ2) is 4.89. The Morgan fingerprint density at radius 3 is 2.83 bits per heavy atom. The maximum Gasteiger partial charge on any atom is 0.323 e. The monoisotopic (exact) mass is 270 g/mol. The van der Waals surface area contributed by atoms with Crippen LogP contribution in [0.15, 0.2) is 18.6 Å². The van der Waals surface area contributed by atoms with Crippen LogP contribution >= 0.6 is 0 Å². The zero-order valence-electron chi connectivity index (χ0n) is 9.91. The molecule has 1 atom stereocenters. The van der Waals surface area contributed by atoms with Gasteiger partial charge in [-0.25, -0.2) is 18.2 Å². The maximum absolute atomic E-state index is 11.9. The summed E-state index contributed by atoms with van der Waals surface area (Å²) in [5, 5.41) is 2.56. The third kappa shape index (κ3) is 2.95. The zero-order valence-corrected chi connectivity index (χ0v) is 10.7. The molecule has 1 aliphatic rings. The number of amides is 2. The molecule has 7 nitrogen and oxygen atoms in total. The van der Waals surface area contributed by atoms with E-state index in [-0.39, 0.29) is 23.6 Å². The van der Waals surface area contributed by atoms with Crippen molar-refractivity contribution in [3.8, 4) is 0 Å². The van der Waals surface area contributed by atoms with Crippen molar-refractivity contribution in [2.24, 2.45) is 0 Å². The quantitative estimate of drug-likeness (QED) is 0.824. The fourth-order valence-corrected chi connectivity index (χ4v) is 3.58. The molecule has 1 aromatic rings. The van der Waals surface area contributed by atoms with E-state index >= 15 is 0 Å². The van der Waals surface area contributed by atoms with E-state index in [2.05, 4.69) is 15.3 Å². The summed E-state index contributed by atoms with van der Waals surface area (Å²) >= 11 is 0. The molecule has 2 rings (SSSR count). The van der Waals surface area contributed by atoms with E-state index in [1.807, 2.05) is 0 Å². The summed E-state index contributed by atoms with van der Waals surface area (Å²) in [5.41, 5.74) is 0. The van der Waals surface area contributed by atoms with Crippen LogP contribution in [0.2, 0.25) is 0 Å². The Morgan fingerprint density at radius 1 is 1.50 bits per heavy atom. The van der Waals surface area contributed by atoms with Gasteiger partial charge in [-0.3, -0.25) is 10.3 Å². The molecule has 8 heteroatoms. The molecule has 1 saturated heterocycles. The van der Waals surface area contributed by atoms with Crippen LogP contribution < -0.4 is 5.32 Å². The molecule has 1 aromatic heterocycles. The first-order chi connectivity index (χ1) is 8.48. The Kier molecular flexibility index (Phi) is 3.46. The summed E-state index contributed by atoms with van der Waals surface area (Å²) in [6.07, 6.45) is 4.88. The van der Waals surface area contributed by atoms with Crippen LogP contribution in [-0.2, 0) is 9.84 Å². The molecule has 2 heterocycles. The summed E-state index contributed by atoms with van der Waals surface area (Å²) in [7, 11) is -1.42. The summed E-state index contributed by atoms with van der Waals surface area (Å²) in [6, 6.07) is -0.649. The Bertz CT molecular complexity index is 531. The van der Waals surface area contributed by atoms with Crippen molar-refractivity contribution in [3.05, 3.63) is 18.6 Å². The molecular weight excluding hydrogens is 256 g/mol. The van der Waals surface area contributed by atoms with E-state index in [1.165, 1.54) is 23.5 Å². The van der Waals surface area contributed by atoms with E-state index in [1.54, 1.807) is 7.05 Å². The molecule has 0 radical (unpaired) electrons. The number of rotatable bonds is 2. The highest BCUT2D eigenvalue weighted by molar-refractivity contribution is 7.91. The minimum Gasteiger partial charge on any atom is -0.324 e. The highest BCUT2D eigenvalue weighted by Gasteiger charge is 2.32. The van der Waals surface area contributed by atoms with Gasteiger partial charge in [-0.05, 0) is 6.42 Å². The molecular formula is C10H14N4O3S. The zero-order chi connectivity index (χ0) is 13.2. The number of hydrogen-bond acceptors (Lipinski definition) is 5. The van der Waals surface area contributed by atoms with Crippen molar-refractivity contribution >= 4 is 21.7 Å². The molecule has 0 bridgehead atoms. The number of carbonyl (C=O) groups is 1. The van der Waals surface area contributed by atoms with Gasteiger partial charge in [0.15, 0.2) is 15.7 Å². The highest BCUT2D eigenvalue weighted by Crippen LogP contribution is 2.17. The summed E-state index contributed by atoms with van der Waals surface area (Å²) in [6.45, 7) is 0. The minimum atomic E-state index is -3.00. The smallest absolute Gasteiger partial charge is 0.323 e. The SMILES string of the molecule is CN(C(=O)Nc1cnccn1)C1CCS(=O)(=O)C1. The van der Waals surface area contributed by atoms with Gasteiger partial charge in [0, 0.05) is 25.5 Å². The number of nitrogens with one attached hydrogen (secondary N) is 1. The van der Waals surface area contributed by atoms with Gasteiger partial charge in [-0.15, -0.1) is 0 Å². The van der Waals surface area contributed by atoms with E-state index < -0.39 is 9.84 Å². The lowest BCUT2D eigenvalue weighted by molar-refractivity contribution is 0.209. The van der Waals surface area contributed by atoms with Crippen molar-refractivity contribution in [2.75, 3.05) is 23.9 Å². The summed E-state index contributed by atoms with van der Waals surface area (Å²) in [5.74, 6) is 0.507. The van der Waals surface area contributed by atoms with Crippen LogP contribution in [0.5, 0.6) is 0 Å². The van der Waals surface area contributed by atoms with Gasteiger partial charge in [0.05, 0.1) is 17.7 Å². The first-order valence-electron chi connectivity index (χ1n) is 5.48. The normalized spacial score (nSPS) is 21.5. The number of anilines is 1. The van der Waals surface area contributed by atoms with Crippen molar-refractivity contribution in [1.29, 1.82) is 0 Å². The highest BCUT2D eigenvalue weighted by atomic mass is 32.2. The summed E-state index contributed by atoms with van der Waals surface area (Å²) in [4.78, 5) is 21.0. The maximum atomic E-state index is 11.9. The second-order valence-electron chi connectivity index (χ2n) is 4.19. The number of hydrogen-bond donors (Lipinski definition) is 1. The van der Waals surface area contributed by atoms with Crippen molar-refractivity contribution in [3.63, 3.8) is 0 Å². The fourth-order valence-electron chi connectivity index (χ4n) is 1.81. The van der Waals surface area contributed by atoms with Crippen LogP contribution in [0.3, 0.4) is 0 Å². The van der Waals surface area contributed by atoms with Crippen LogP contribution in [0.25, 0.3) is 0 Å². The van der Waals surface area contributed by atoms with Crippen LogP contribution in [-0.4, -0.2) is 53.9 Å². The lowest BCUT2D eigenvalue weighted by Gasteiger charge is -2.23. The third-order valence-corrected chi connectivity index (χ3v) is 4.62. The van der Waals surface area contributed by atoms with Gasteiger partial charge < -0.3 is 4.90 Å². The van der Waals surface area contributed by atoms with Crippen LogP contribution in [0.4, 0.5) is 10.6 Å². The van der Waals surface area contributed by atoms with Gasteiger partial charge in [0.1, 0.15) is 0 Å². The van der Waals surface area contributed by atoms with Gasteiger partial charge >= 0.3 is 6.03 Å². The van der Waals surface area contributed by atoms with Gasteiger partial charge in [-0.1, -0.05) is 0 Å². The molecule has 1 fully saturated rings. The molecule has 98 valence electrons. The van der Waals surface area contributed by atoms with E-state index in [9.17, 15) is 13.2 Å². The molecule has 1 N–H and O–H groups in total. The number of carbonyl (C=O) groups excluding carboxylic acids is 1. The van der Waals surface area contributed by atoms with Crippen LogP contribution in [0.1, 0.15) is 6.42 Å². The molecule has 0 saturated carbocycles. The molecule has 0 spiro atoms. The van der Waals surface area contributed by atoms with Gasteiger partial charge in [0.25, 0.3) is 0 Å². The van der Waals surface area contributed by atoms with Crippen molar-refractivity contribution < 1.29 is 13.2 Å². The molecule has 0 aliphatic carbocycles. The standard InChI is InChI=1S/C10H14N4O3S/c1-14(8-2-5-18(16,17)7-8)10(15)13-9-6-11-3-4-12-9/h3-4,6,8H,2,5,7H2,1H3,(H,12,13,15). The number of nitrogens with zero attached hydrogens (tertiary/aromatic N) is 3. The number of aromatic nitrogens is 2. The van der Waals surface area contributed by atoms with Crippen molar-refractivity contribution in [1.82, 2.24) is 14.9 Å². The van der Waals surface area contributed by atoms with E-state index in [4.69, 9.17) is 0 Å². The predicted octanol–water partition coefficient (Wildman–Crippen LogP) is 0.127. The summed E-state index contributed by atoms with van der Waals surface area (Å²) < 4.78 is 22.7. The minimum absolute atomic E-state index is 0.0252. The number of urea groups is 1. The molecule has 0 aromatic carbocycles. The van der Waals surface area contributed by atoms with Crippen LogP contribution in [0, 0.1) is 0 Å². The topological polar surface area (TPSA) is 92.3 Å². The Hall–Kier alpha value is -1.70. The van der Waals surface area contributed by atoms with Crippen molar-refractivity contribution in [2.45, 2.75) is 12.5 Å². The largest absolute Gasteiger partial charge is 0.324 e. The third-order valence-electron chi connectivity index (χ3n) is 2.87. The molecule has 18 heavy (non-hydrogen) atoms. The molecule has 1 unspecified atom stereocenters. The number of sulfone groups is 1. The van der Waals surface area contributed by atoms with E-state index in [0.29, 0.717) is 12.2 Å². The first-order valence-corrected chi connectivity index (χ1v) is 7.30. The lowest BCUT2D eigenvalue weighted by atomic mass is 10.2. The predicted molar refractivity (Wildman–Crippen MR) is 65.9 cm³/mol. The Labute approximate surface area is 105 Å². The second-order valence-corrected chi connectivity index (χ2v) is 6.42. The fraction of sp³-hybridized carbons (Fsp3) is 0.500. The van der Waals surface area contributed by atoms with Gasteiger partial charge in [-0.2, -0.15) is 0 Å². The first kappa shape index (κ1) is 12.7. The Balaban J connectivity index is 1.98.